The normalized spacial score (nSPS) is 8.82. The maximum absolute atomic E-state index is 9.92. The molecule has 6 heteroatoms. The minimum atomic E-state index is -0.920. The molecule has 4 nitrogen and oxygen atoms in total. The van der Waals surface area contributed by atoms with Gasteiger partial charge in [-0.2, -0.15) is 0 Å². The molecule has 0 aliphatic heterocycles. The van der Waals surface area contributed by atoms with Gasteiger partial charge in [-0.05, 0) is 25.7 Å². The van der Waals surface area contributed by atoms with Crippen molar-refractivity contribution in [2.24, 2.45) is 0 Å². The van der Waals surface area contributed by atoms with Gasteiger partial charge in [-0.25, -0.2) is 0 Å². The summed E-state index contributed by atoms with van der Waals surface area (Å²) in [5.41, 5.74) is 0. The van der Waals surface area contributed by atoms with E-state index < -0.39 is 11.9 Å². The standard InChI is InChI=1S/2C8H16O2.Cr.Zr/c2*1-2-3-4-5-6-7-8(9)10;;/h2*2-7H2,1H3,(H,9,10);;/q;;+3;+4/p-2. The molecule has 0 bridgehead atoms. The summed E-state index contributed by atoms with van der Waals surface area (Å²) in [7, 11) is 0. The summed E-state index contributed by atoms with van der Waals surface area (Å²) in [6.07, 6.45) is 11.2. The smallest absolute Gasteiger partial charge is 0.550 e. The molecule has 0 aromatic carbocycles. The van der Waals surface area contributed by atoms with E-state index >= 15 is 0 Å². The molecule has 0 atom stereocenters. The zero-order chi connectivity index (χ0) is 15.6. The van der Waals surface area contributed by atoms with E-state index in [2.05, 4.69) is 13.8 Å². The largest absolute Gasteiger partial charge is 4.00 e. The first-order chi connectivity index (χ1) is 9.54. The van der Waals surface area contributed by atoms with Crippen molar-refractivity contribution in [1.29, 1.82) is 0 Å². The fourth-order valence-corrected chi connectivity index (χ4v) is 1.75. The molecule has 0 saturated heterocycles. The Morgan fingerprint density at radius 1 is 0.636 bits per heavy atom. The Morgan fingerprint density at radius 3 is 1.14 bits per heavy atom. The van der Waals surface area contributed by atoms with Gasteiger partial charge in [0.05, 0.1) is 0 Å². The topological polar surface area (TPSA) is 80.3 Å². The average molecular weight is 430 g/mol. The van der Waals surface area contributed by atoms with Crippen LogP contribution in [0.5, 0.6) is 0 Å². The van der Waals surface area contributed by atoms with Gasteiger partial charge in [0.1, 0.15) is 0 Å². The Labute approximate surface area is 165 Å². The molecular weight excluding hydrogens is 399 g/mol. The molecule has 0 saturated carbocycles. The fraction of sp³-hybridized carbons (Fsp3) is 0.875. The fourth-order valence-electron chi connectivity index (χ4n) is 1.75. The van der Waals surface area contributed by atoms with Crippen LogP contribution in [0.15, 0.2) is 0 Å². The minimum Gasteiger partial charge on any atom is -0.550 e. The first-order valence-corrected chi connectivity index (χ1v) is 7.94. The van der Waals surface area contributed by atoms with Crippen molar-refractivity contribution in [3.63, 3.8) is 0 Å². The Kier molecular flexibility index (Phi) is 36.1. The summed E-state index contributed by atoms with van der Waals surface area (Å²) in [6, 6.07) is 0. The van der Waals surface area contributed by atoms with Crippen molar-refractivity contribution in [2.75, 3.05) is 0 Å². The van der Waals surface area contributed by atoms with Crippen LogP contribution < -0.4 is 10.2 Å². The second-order valence-electron chi connectivity index (χ2n) is 5.07. The molecule has 0 fully saturated rings. The van der Waals surface area contributed by atoms with Crippen LogP contribution in [0.2, 0.25) is 0 Å². The maximum Gasteiger partial charge on any atom is 4.00 e. The Balaban J connectivity index is -0.000000135. The first kappa shape index (κ1) is 30.3. The SMILES string of the molecule is CCCCCCCC(=O)[O-].CCCCCCCC(=O)[O-].[Cr+3].[Zr+4]. The summed E-state index contributed by atoms with van der Waals surface area (Å²) < 4.78 is 0. The molecule has 0 aromatic rings. The van der Waals surface area contributed by atoms with Gasteiger partial charge in [0, 0.05) is 11.9 Å². The van der Waals surface area contributed by atoms with E-state index in [1.165, 1.54) is 25.7 Å². The molecule has 0 spiro atoms. The van der Waals surface area contributed by atoms with Crippen LogP contribution in [-0.4, -0.2) is 11.9 Å². The van der Waals surface area contributed by atoms with E-state index in [1.54, 1.807) is 0 Å². The third kappa shape index (κ3) is 37.0. The molecule has 0 aliphatic rings. The zero-order valence-corrected chi connectivity index (χ0v) is 17.8. The van der Waals surface area contributed by atoms with Crippen molar-refractivity contribution < 1.29 is 63.4 Å². The number of hydrogen-bond acceptors (Lipinski definition) is 4. The van der Waals surface area contributed by atoms with Gasteiger partial charge in [-0.15, -0.1) is 0 Å². The van der Waals surface area contributed by atoms with Crippen LogP contribution >= 0.6 is 0 Å². The molecule has 0 aliphatic carbocycles. The van der Waals surface area contributed by atoms with E-state index in [0.717, 1.165) is 38.5 Å². The third-order valence-corrected chi connectivity index (χ3v) is 2.97. The van der Waals surface area contributed by atoms with E-state index in [-0.39, 0.29) is 56.4 Å². The minimum absolute atomic E-state index is 0. The number of carboxylic acid groups (broad SMARTS) is 2. The molecule has 0 rings (SSSR count). The molecule has 123 valence electrons. The van der Waals surface area contributed by atoms with Crippen LogP contribution in [-0.2, 0) is 53.2 Å². The number of rotatable bonds is 12. The molecule has 0 aromatic heterocycles. The number of hydrogen-bond donors (Lipinski definition) is 0. The second-order valence-corrected chi connectivity index (χ2v) is 5.07. The zero-order valence-electron chi connectivity index (χ0n) is 14.0. The van der Waals surface area contributed by atoms with Gasteiger partial charge < -0.3 is 19.8 Å². The maximum atomic E-state index is 9.92. The van der Waals surface area contributed by atoms with Crippen molar-refractivity contribution in [1.82, 2.24) is 0 Å². The van der Waals surface area contributed by atoms with E-state index in [9.17, 15) is 19.8 Å². The number of carbonyl (C=O) groups excluding carboxylic acids is 2. The van der Waals surface area contributed by atoms with Crippen molar-refractivity contribution in [2.45, 2.75) is 90.9 Å². The molecule has 22 heavy (non-hydrogen) atoms. The molecule has 0 unspecified atom stereocenters. The van der Waals surface area contributed by atoms with Gasteiger partial charge in [0.15, 0.2) is 0 Å². The Hall–Kier alpha value is 0.356. The summed E-state index contributed by atoms with van der Waals surface area (Å²) in [5, 5.41) is 19.8. The van der Waals surface area contributed by atoms with Crippen LogP contribution in [0.3, 0.4) is 0 Å². The van der Waals surface area contributed by atoms with Gasteiger partial charge in [-0.1, -0.05) is 65.2 Å². The molecular formula is C16H30CrO4Zr+5. The van der Waals surface area contributed by atoms with Crippen LogP contribution in [0, 0.1) is 0 Å². The molecule has 0 amide bonds. The van der Waals surface area contributed by atoms with Gasteiger partial charge in [0.25, 0.3) is 0 Å². The van der Waals surface area contributed by atoms with E-state index in [4.69, 9.17) is 0 Å². The van der Waals surface area contributed by atoms with Gasteiger partial charge in [-0.3, -0.25) is 0 Å². The summed E-state index contributed by atoms with van der Waals surface area (Å²) in [4.78, 5) is 19.8. The number of carboxylic acids is 2. The van der Waals surface area contributed by atoms with Crippen LogP contribution in [0.1, 0.15) is 90.9 Å². The predicted molar refractivity (Wildman–Crippen MR) is 76.8 cm³/mol. The predicted octanol–water partition coefficient (Wildman–Crippen LogP) is 2.19. The van der Waals surface area contributed by atoms with Crippen molar-refractivity contribution >= 4 is 11.9 Å². The van der Waals surface area contributed by atoms with Crippen molar-refractivity contribution in [3.05, 3.63) is 0 Å². The monoisotopic (exact) mass is 428 g/mol. The molecule has 0 N–H and O–H groups in total. The van der Waals surface area contributed by atoms with Crippen molar-refractivity contribution in [3.8, 4) is 0 Å². The quantitative estimate of drug-likeness (QED) is 0.446. The summed E-state index contributed by atoms with van der Waals surface area (Å²) in [5.74, 6) is -1.84. The summed E-state index contributed by atoms with van der Waals surface area (Å²) in [6.45, 7) is 4.28. The molecule has 0 heterocycles. The van der Waals surface area contributed by atoms with Crippen LogP contribution in [0.4, 0.5) is 0 Å². The number of unbranched alkanes of at least 4 members (excludes halogenated alkanes) is 8. The second kappa shape index (κ2) is 26.3. The first-order valence-electron chi connectivity index (χ1n) is 7.94. The Bertz CT molecular complexity index is 214. The average Bonchev–Trinajstić information content (AvgIpc) is 2.38. The Morgan fingerprint density at radius 2 is 0.909 bits per heavy atom. The molecule has 1 radical (unpaired) electrons. The number of carbonyl (C=O) groups is 2. The third-order valence-electron chi connectivity index (χ3n) is 2.97. The number of aliphatic carboxylic acids is 2. The van der Waals surface area contributed by atoms with E-state index in [1.807, 2.05) is 0 Å². The van der Waals surface area contributed by atoms with Gasteiger partial charge in [0.2, 0.25) is 0 Å². The van der Waals surface area contributed by atoms with Crippen LogP contribution in [0.25, 0.3) is 0 Å². The van der Waals surface area contributed by atoms with E-state index in [0.29, 0.717) is 0 Å². The summed E-state index contributed by atoms with van der Waals surface area (Å²) >= 11 is 0. The van der Waals surface area contributed by atoms with Gasteiger partial charge >= 0.3 is 43.6 Å².